The van der Waals surface area contributed by atoms with E-state index >= 15 is 0 Å². The van der Waals surface area contributed by atoms with Gasteiger partial charge in [0, 0.05) is 32.2 Å². The van der Waals surface area contributed by atoms with Gasteiger partial charge in [-0.3, -0.25) is 9.79 Å². The molecule has 1 amide bonds. The summed E-state index contributed by atoms with van der Waals surface area (Å²) in [6, 6.07) is 16.3. The molecule has 2 aromatic rings. The third-order valence-electron chi connectivity index (χ3n) is 4.63. The molecule has 0 radical (unpaired) electrons. The van der Waals surface area contributed by atoms with Crippen LogP contribution < -0.4 is 16.0 Å². The molecule has 1 atom stereocenters. The van der Waals surface area contributed by atoms with Gasteiger partial charge in [-0.25, -0.2) is 0 Å². The van der Waals surface area contributed by atoms with Crippen LogP contribution in [0.1, 0.15) is 53.2 Å². The molecule has 0 saturated carbocycles. The largest absolute Gasteiger partial charge is 0.356 e. The molecular weight excluding hydrogens is 348 g/mol. The Labute approximate surface area is 168 Å². The number of amides is 1. The molecule has 0 spiro atoms. The van der Waals surface area contributed by atoms with Crippen molar-refractivity contribution in [2.24, 2.45) is 4.99 Å². The summed E-state index contributed by atoms with van der Waals surface area (Å²) in [5.41, 5.74) is 4.30. The van der Waals surface area contributed by atoms with Gasteiger partial charge in [0.25, 0.3) is 5.91 Å². The number of nitrogens with one attached hydrogen (secondary N) is 3. The number of rotatable bonds is 8. The zero-order valence-electron chi connectivity index (χ0n) is 17.4. The molecule has 150 valence electrons. The number of hydrogen-bond donors (Lipinski definition) is 3. The summed E-state index contributed by atoms with van der Waals surface area (Å²) in [6.45, 7) is 8.43. The Morgan fingerprint density at radius 1 is 1.07 bits per heavy atom. The standard InChI is InChI=1S/C23H32N4O/c1-5-13-25-22(28)21-8-6-7-19(14-21)16-27-23(24-4)26-15-18(3)20-11-9-17(2)10-12-20/h6-12,14,18H,5,13,15-16H2,1-4H3,(H,25,28)(H2,24,26,27). The van der Waals surface area contributed by atoms with Crippen LogP contribution in [0.2, 0.25) is 0 Å². The molecule has 3 N–H and O–H groups in total. The molecule has 1 unspecified atom stereocenters. The Kier molecular flexibility index (Phi) is 8.53. The van der Waals surface area contributed by atoms with Crippen molar-refractivity contribution in [3.8, 4) is 0 Å². The number of aryl methyl sites for hydroxylation is 1. The first-order valence-corrected chi connectivity index (χ1v) is 9.91. The molecule has 0 saturated heterocycles. The van der Waals surface area contributed by atoms with Crippen LogP contribution in [-0.2, 0) is 6.54 Å². The van der Waals surface area contributed by atoms with Crippen molar-refractivity contribution in [3.63, 3.8) is 0 Å². The predicted molar refractivity (Wildman–Crippen MR) is 117 cm³/mol. The summed E-state index contributed by atoms with van der Waals surface area (Å²) in [7, 11) is 1.76. The van der Waals surface area contributed by atoms with Crippen LogP contribution in [-0.4, -0.2) is 32.0 Å². The highest BCUT2D eigenvalue weighted by atomic mass is 16.1. The number of benzene rings is 2. The summed E-state index contributed by atoms with van der Waals surface area (Å²) in [6.07, 6.45) is 0.927. The molecular formula is C23H32N4O. The number of carbonyl (C=O) groups is 1. The van der Waals surface area contributed by atoms with Crippen molar-refractivity contribution in [2.45, 2.75) is 39.7 Å². The third-order valence-corrected chi connectivity index (χ3v) is 4.63. The van der Waals surface area contributed by atoms with Crippen LogP contribution in [0.4, 0.5) is 0 Å². The molecule has 5 heteroatoms. The smallest absolute Gasteiger partial charge is 0.251 e. The lowest BCUT2D eigenvalue weighted by atomic mass is 10.0. The number of guanidine groups is 1. The Hall–Kier alpha value is -2.82. The summed E-state index contributed by atoms with van der Waals surface area (Å²) in [4.78, 5) is 16.4. The van der Waals surface area contributed by atoms with E-state index in [-0.39, 0.29) is 5.91 Å². The quantitative estimate of drug-likeness (QED) is 0.484. The monoisotopic (exact) mass is 380 g/mol. The minimum absolute atomic E-state index is 0.0295. The van der Waals surface area contributed by atoms with Gasteiger partial charge in [0.15, 0.2) is 5.96 Å². The normalized spacial score (nSPS) is 12.4. The van der Waals surface area contributed by atoms with Gasteiger partial charge >= 0.3 is 0 Å². The molecule has 0 aliphatic heterocycles. The minimum atomic E-state index is -0.0295. The van der Waals surface area contributed by atoms with E-state index in [0.717, 1.165) is 24.5 Å². The van der Waals surface area contributed by atoms with E-state index in [4.69, 9.17) is 0 Å². The topological polar surface area (TPSA) is 65.5 Å². The minimum Gasteiger partial charge on any atom is -0.356 e. The van der Waals surface area contributed by atoms with Crippen LogP contribution in [0, 0.1) is 6.92 Å². The van der Waals surface area contributed by atoms with Crippen LogP contribution >= 0.6 is 0 Å². The van der Waals surface area contributed by atoms with Gasteiger partial charge in [-0.05, 0) is 42.5 Å². The maximum absolute atomic E-state index is 12.1. The second-order valence-corrected chi connectivity index (χ2v) is 7.07. The highest BCUT2D eigenvalue weighted by molar-refractivity contribution is 5.94. The Balaban J connectivity index is 1.86. The van der Waals surface area contributed by atoms with Crippen LogP contribution in [0.25, 0.3) is 0 Å². The van der Waals surface area contributed by atoms with Gasteiger partial charge in [0.05, 0.1) is 0 Å². The average molecular weight is 381 g/mol. The summed E-state index contributed by atoms with van der Waals surface area (Å²) >= 11 is 0. The first kappa shape index (κ1) is 21.5. The molecule has 0 aromatic heterocycles. The maximum atomic E-state index is 12.1. The highest BCUT2D eigenvalue weighted by Crippen LogP contribution is 2.14. The maximum Gasteiger partial charge on any atom is 0.251 e. The lowest BCUT2D eigenvalue weighted by molar-refractivity contribution is 0.0953. The van der Waals surface area contributed by atoms with Gasteiger partial charge in [0.2, 0.25) is 0 Å². The first-order valence-electron chi connectivity index (χ1n) is 9.91. The van der Waals surface area contributed by atoms with Crippen molar-refractivity contribution >= 4 is 11.9 Å². The van der Waals surface area contributed by atoms with E-state index in [1.807, 2.05) is 31.2 Å². The van der Waals surface area contributed by atoms with Gasteiger partial charge in [-0.15, -0.1) is 0 Å². The second-order valence-electron chi connectivity index (χ2n) is 7.07. The summed E-state index contributed by atoms with van der Waals surface area (Å²) < 4.78 is 0. The molecule has 5 nitrogen and oxygen atoms in total. The van der Waals surface area contributed by atoms with Gasteiger partial charge in [0.1, 0.15) is 0 Å². The SMILES string of the molecule is CCCNC(=O)c1cccc(CNC(=NC)NCC(C)c2ccc(C)cc2)c1. The molecule has 0 fully saturated rings. The number of carbonyl (C=O) groups excluding carboxylic acids is 1. The van der Waals surface area contributed by atoms with Crippen molar-refractivity contribution in [3.05, 3.63) is 70.8 Å². The fourth-order valence-electron chi connectivity index (χ4n) is 2.83. The zero-order chi connectivity index (χ0) is 20.4. The van der Waals surface area contributed by atoms with Crippen LogP contribution in [0.3, 0.4) is 0 Å². The molecule has 0 aliphatic carbocycles. The summed E-state index contributed by atoms with van der Waals surface area (Å²) in [5.74, 6) is 1.10. The van der Waals surface area contributed by atoms with Crippen LogP contribution in [0.5, 0.6) is 0 Å². The van der Waals surface area contributed by atoms with Crippen molar-refractivity contribution in [1.29, 1.82) is 0 Å². The van der Waals surface area contributed by atoms with E-state index in [9.17, 15) is 4.79 Å². The lowest BCUT2D eigenvalue weighted by Gasteiger charge is -2.17. The van der Waals surface area contributed by atoms with Crippen molar-refractivity contribution < 1.29 is 4.79 Å². The Morgan fingerprint density at radius 2 is 1.82 bits per heavy atom. The first-order chi connectivity index (χ1) is 13.5. The van der Waals surface area contributed by atoms with Crippen molar-refractivity contribution in [1.82, 2.24) is 16.0 Å². The van der Waals surface area contributed by atoms with E-state index in [2.05, 4.69) is 59.1 Å². The van der Waals surface area contributed by atoms with E-state index in [0.29, 0.717) is 24.6 Å². The van der Waals surface area contributed by atoms with E-state index < -0.39 is 0 Å². The lowest BCUT2D eigenvalue weighted by Crippen LogP contribution is -2.38. The zero-order valence-corrected chi connectivity index (χ0v) is 17.4. The van der Waals surface area contributed by atoms with Crippen LogP contribution in [0.15, 0.2) is 53.5 Å². The molecule has 2 rings (SSSR count). The third kappa shape index (κ3) is 6.72. The Morgan fingerprint density at radius 3 is 2.50 bits per heavy atom. The molecule has 0 aliphatic rings. The Bertz CT molecular complexity index is 783. The predicted octanol–water partition coefficient (Wildman–Crippen LogP) is 3.60. The molecule has 0 heterocycles. The fraction of sp³-hybridized carbons (Fsp3) is 0.391. The van der Waals surface area contributed by atoms with Gasteiger partial charge in [-0.2, -0.15) is 0 Å². The summed E-state index contributed by atoms with van der Waals surface area (Å²) in [5, 5.41) is 9.60. The van der Waals surface area contributed by atoms with Gasteiger partial charge in [-0.1, -0.05) is 55.8 Å². The number of aliphatic imine (C=N–C) groups is 1. The highest BCUT2D eigenvalue weighted by Gasteiger charge is 2.08. The van der Waals surface area contributed by atoms with E-state index in [1.165, 1.54) is 11.1 Å². The second kappa shape index (κ2) is 11.1. The number of nitrogens with zero attached hydrogens (tertiary/aromatic N) is 1. The average Bonchev–Trinajstić information content (AvgIpc) is 2.72. The molecule has 0 bridgehead atoms. The number of hydrogen-bond acceptors (Lipinski definition) is 2. The van der Waals surface area contributed by atoms with E-state index in [1.54, 1.807) is 7.05 Å². The van der Waals surface area contributed by atoms with Gasteiger partial charge < -0.3 is 16.0 Å². The van der Waals surface area contributed by atoms with Crippen molar-refractivity contribution in [2.75, 3.05) is 20.1 Å². The molecule has 2 aromatic carbocycles. The fourth-order valence-corrected chi connectivity index (χ4v) is 2.83. The molecule has 28 heavy (non-hydrogen) atoms.